The molecule has 0 spiro atoms. The monoisotopic (exact) mass is 259 g/mol. The number of hydrogen-bond donors (Lipinski definition) is 0. The molecule has 5 nitrogen and oxygen atoms in total. The molecule has 2 aromatic rings. The molecule has 90 valence electrons. The number of aromatic nitrogens is 3. The lowest BCUT2D eigenvalue weighted by Crippen LogP contribution is -2.28. The van der Waals surface area contributed by atoms with Gasteiger partial charge < -0.3 is 0 Å². The van der Waals surface area contributed by atoms with Gasteiger partial charge in [-0.25, -0.2) is 0 Å². The number of benzene rings is 1. The van der Waals surface area contributed by atoms with E-state index in [9.17, 15) is 9.59 Å². The van der Waals surface area contributed by atoms with E-state index in [-0.39, 0.29) is 17.5 Å². The highest BCUT2D eigenvalue weighted by Gasteiger charge is 2.32. The summed E-state index contributed by atoms with van der Waals surface area (Å²) in [5.74, 6) is 0.352. The van der Waals surface area contributed by atoms with Gasteiger partial charge in [0.25, 0.3) is 5.91 Å². The molecule has 1 aromatic carbocycles. The predicted molar refractivity (Wildman–Crippen MR) is 66.0 cm³/mol. The van der Waals surface area contributed by atoms with Crippen molar-refractivity contribution in [3.63, 3.8) is 0 Å². The van der Waals surface area contributed by atoms with Crippen molar-refractivity contribution < 1.29 is 9.59 Å². The van der Waals surface area contributed by atoms with Crippen LogP contribution in [-0.4, -0.2) is 32.2 Å². The van der Waals surface area contributed by atoms with Gasteiger partial charge in [0.15, 0.2) is 0 Å². The molecule has 6 heteroatoms. The number of rotatable bonds is 2. The van der Waals surface area contributed by atoms with Crippen molar-refractivity contribution in [1.82, 2.24) is 14.8 Å². The van der Waals surface area contributed by atoms with Gasteiger partial charge in [0.2, 0.25) is 16.8 Å². The van der Waals surface area contributed by atoms with E-state index >= 15 is 0 Å². The Morgan fingerprint density at radius 2 is 1.94 bits per heavy atom. The summed E-state index contributed by atoms with van der Waals surface area (Å²) in [5, 5.41) is 4.53. The summed E-state index contributed by atoms with van der Waals surface area (Å²) in [7, 11) is 0. The fourth-order valence-corrected chi connectivity index (χ4v) is 2.42. The van der Waals surface area contributed by atoms with Gasteiger partial charge in [-0.3, -0.25) is 9.59 Å². The highest BCUT2D eigenvalue weighted by Crippen LogP contribution is 2.23. The molecule has 0 amide bonds. The van der Waals surface area contributed by atoms with Crippen LogP contribution >= 0.6 is 11.8 Å². The van der Waals surface area contributed by atoms with Crippen molar-refractivity contribution in [2.75, 3.05) is 5.75 Å². The van der Waals surface area contributed by atoms with E-state index in [1.54, 1.807) is 24.3 Å². The summed E-state index contributed by atoms with van der Waals surface area (Å²) >= 11 is 1.40. The summed E-state index contributed by atoms with van der Waals surface area (Å²) in [6, 6.07) is 6.73. The van der Waals surface area contributed by atoms with E-state index in [0.29, 0.717) is 16.3 Å². The zero-order chi connectivity index (χ0) is 12.7. The fraction of sp³-hybridized carbons (Fsp3) is 0.167. The van der Waals surface area contributed by atoms with Crippen LogP contribution < -0.4 is 0 Å². The first-order chi connectivity index (χ1) is 8.72. The molecular weight excluding hydrogens is 250 g/mol. The lowest BCUT2D eigenvalue weighted by Gasteiger charge is -2.12. The van der Waals surface area contributed by atoms with E-state index in [0.717, 1.165) is 10.4 Å². The zero-order valence-electron chi connectivity index (χ0n) is 9.58. The average Bonchev–Trinajstić information content (AvgIpc) is 2.81. The summed E-state index contributed by atoms with van der Waals surface area (Å²) in [6.07, 6.45) is 0. The second kappa shape index (κ2) is 4.06. The molecule has 0 saturated carbocycles. The first kappa shape index (κ1) is 11.2. The van der Waals surface area contributed by atoms with E-state index in [2.05, 4.69) is 10.1 Å². The molecule has 0 aliphatic carbocycles. The molecule has 1 aliphatic rings. The maximum absolute atomic E-state index is 12.2. The molecule has 0 fully saturated rings. The molecule has 2 heterocycles. The van der Waals surface area contributed by atoms with Crippen LogP contribution in [-0.2, 0) is 0 Å². The molecule has 0 N–H and O–H groups in total. The number of ketones is 1. The van der Waals surface area contributed by atoms with Crippen molar-refractivity contribution in [2.24, 2.45) is 0 Å². The Labute approximate surface area is 107 Å². The van der Waals surface area contributed by atoms with Gasteiger partial charge in [0.1, 0.15) is 0 Å². The Morgan fingerprint density at radius 1 is 1.22 bits per heavy atom. The molecule has 0 saturated heterocycles. The van der Waals surface area contributed by atoms with Crippen LogP contribution in [0.25, 0.3) is 0 Å². The molecule has 0 unspecified atom stereocenters. The van der Waals surface area contributed by atoms with Gasteiger partial charge in [-0.2, -0.15) is 9.67 Å². The minimum atomic E-state index is -0.296. The number of fused-ring (bicyclic) bond motifs is 2. The molecular formula is C12H9N3O2S. The topological polar surface area (TPSA) is 64.8 Å². The molecule has 0 bridgehead atoms. The van der Waals surface area contributed by atoms with Crippen LogP contribution in [0.15, 0.2) is 29.4 Å². The maximum atomic E-state index is 12.2. The second-order valence-corrected chi connectivity index (χ2v) is 4.97. The maximum Gasteiger partial charge on any atom is 0.281 e. The largest absolute Gasteiger partial charge is 0.285 e. The Balaban J connectivity index is 2.18. The Morgan fingerprint density at radius 3 is 2.67 bits per heavy atom. The summed E-state index contributed by atoms with van der Waals surface area (Å²) in [4.78, 5) is 28.5. The smallest absolute Gasteiger partial charge is 0.281 e. The highest BCUT2D eigenvalue weighted by molar-refractivity contribution is 7.99. The van der Waals surface area contributed by atoms with Crippen molar-refractivity contribution >= 4 is 23.5 Å². The minimum Gasteiger partial charge on any atom is -0.285 e. The van der Waals surface area contributed by atoms with Crippen molar-refractivity contribution in [2.45, 2.75) is 12.1 Å². The summed E-state index contributed by atoms with van der Waals surface area (Å²) in [6.45, 7) is 1.96. The van der Waals surface area contributed by atoms with Gasteiger partial charge in [-0.05, 0) is 11.8 Å². The Hall–Kier alpha value is -1.95. The average molecular weight is 259 g/mol. The van der Waals surface area contributed by atoms with Gasteiger partial charge in [0.05, 0.1) is 5.56 Å². The van der Waals surface area contributed by atoms with Gasteiger partial charge in [-0.15, -0.1) is 5.10 Å². The number of nitrogens with zero attached hydrogens (tertiary/aromatic N) is 3. The van der Waals surface area contributed by atoms with Crippen LogP contribution in [0.5, 0.6) is 0 Å². The van der Waals surface area contributed by atoms with E-state index in [1.165, 1.54) is 11.8 Å². The zero-order valence-corrected chi connectivity index (χ0v) is 10.4. The fourth-order valence-electron chi connectivity index (χ4n) is 1.87. The third-order valence-electron chi connectivity index (χ3n) is 2.66. The lowest BCUT2D eigenvalue weighted by molar-refractivity contribution is 0.0893. The number of carbonyl (C=O) groups excluding carboxylic acids is 2. The standard InChI is InChI=1S/C12H9N3O2S/c1-2-18-12-13-10-9(16)7-5-3-4-6-8(7)11(17)15(10)14-12/h3-6H,2H2,1H3. The Kier molecular flexibility index (Phi) is 2.52. The van der Waals surface area contributed by atoms with Gasteiger partial charge >= 0.3 is 0 Å². The summed E-state index contributed by atoms with van der Waals surface area (Å²) in [5.41, 5.74) is 0.781. The van der Waals surface area contributed by atoms with Gasteiger partial charge in [0, 0.05) is 5.56 Å². The highest BCUT2D eigenvalue weighted by atomic mass is 32.2. The third-order valence-corrected chi connectivity index (χ3v) is 3.38. The van der Waals surface area contributed by atoms with Crippen molar-refractivity contribution in [3.8, 4) is 0 Å². The van der Waals surface area contributed by atoms with Gasteiger partial charge in [-0.1, -0.05) is 36.9 Å². The quantitative estimate of drug-likeness (QED) is 0.654. The number of carbonyl (C=O) groups is 2. The van der Waals surface area contributed by atoms with Crippen molar-refractivity contribution in [1.29, 1.82) is 0 Å². The van der Waals surface area contributed by atoms with E-state index in [4.69, 9.17) is 0 Å². The molecule has 18 heavy (non-hydrogen) atoms. The Bertz CT molecular complexity index is 611. The summed E-state index contributed by atoms with van der Waals surface area (Å²) < 4.78 is 1.10. The molecule has 0 atom stereocenters. The predicted octanol–water partition coefficient (Wildman–Crippen LogP) is 1.62. The van der Waals surface area contributed by atoms with Crippen LogP contribution in [0.2, 0.25) is 0 Å². The first-order valence-corrected chi connectivity index (χ1v) is 6.49. The molecule has 0 radical (unpaired) electrons. The third kappa shape index (κ3) is 1.49. The van der Waals surface area contributed by atoms with E-state index in [1.807, 2.05) is 6.92 Å². The number of hydrogen-bond acceptors (Lipinski definition) is 5. The van der Waals surface area contributed by atoms with Crippen LogP contribution in [0.1, 0.15) is 33.5 Å². The molecule has 1 aliphatic heterocycles. The lowest BCUT2D eigenvalue weighted by atomic mass is 10.00. The normalized spacial score (nSPS) is 13.4. The molecule has 3 rings (SSSR count). The minimum absolute atomic E-state index is 0.106. The second-order valence-electron chi connectivity index (χ2n) is 3.74. The van der Waals surface area contributed by atoms with Crippen LogP contribution in [0, 0.1) is 0 Å². The number of thioether (sulfide) groups is 1. The molecule has 1 aromatic heterocycles. The van der Waals surface area contributed by atoms with Crippen LogP contribution in [0.4, 0.5) is 0 Å². The van der Waals surface area contributed by atoms with Crippen molar-refractivity contribution in [3.05, 3.63) is 41.2 Å². The SMILES string of the molecule is CCSc1nc2n(n1)C(=O)c1ccccc1C2=O. The first-order valence-electron chi connectivity index (χ1n) is 5.50. The van der Waals surface area contributed by atoms with E-state index < -0.39 is 0 Å². The van der Waals surface area contributed by atoms with Crippen LogP contribution in [0.3, 0.4) is 0 Å².